The van der Waals surface area contributed by atoms with Crippen molar-refractivity contribution >= 4 is 5.91 Å². The molecule has 2 aromatic carbocycles. The fraction of sp³-hybridized carbons (Fsp3) is 0.278. The van der Waals surface area contributed by atoms with Crippen molar-refractivity contribution in [2.24, 2.45) is 0 Å². The van der Waals surface area contributed by atoms with Gasteiger partial charge in [-0.1, -0.05) is 6.07 Å². The van der Waals surface area contributed by atoms with E-state index in [1.165, 1.54) is 37.4 Å². The summed E-state index contributed by atoms with van der Waals surface area (Å²) in [6, 6.07) is 9.90. The molecule has 0 fully saturated rings. The van der Waals surface area contributed by atoms with Crippen molar-refractivity contribution < 1.29 is 32.2 Å². The van der Waals surface area contributed by atoms with Gasteiger partial charge in [0.05, 0.1) is 7.11 Å². The Balaban J connectivity index is 1.77. The number of nitrogens with one attached hydrogen (secondary N) is 1. The maximum atomic E-state index is 12.8. The maximum absolute atomic E-state index is 12.8. The standard InChI is InChI=1S/C18H18F3NO4/c1-24-16-10-12(2-7-15(16)26-18(20)21)8-9-22-17(23)11-25-14-5-3-13(19)4-6-14/h2-7,10,18H,8-9,11H2,1H3,(H,22,23). The van der Waals surface area contributed by atoms with Gasteiger partial charge in [-0.15, -0.1) is 0 Å². The molecule has 0 saturated heterocycles. The van der Waals surface area contributed by atoms with E-state index in [4.69, 9.17) is 9.47 Å². The Morgan fingerprint density at radius 2 is 1.85 bits per heavy atom. The van der Waals surface area contributed by atoms with Crippen LogP contribution in [0.1, 0.15) is 5.56 Å². The van der Waals surface area contributed by atoms with Crippen LogP contribution in [0.5, 0.6) is 17.2 Å². The van der Waals surface area contributed by atoms with Crippen LogP contribution in [0.15, 0.2) is 42.5 Å². The smallest absolute Gasteiger partial charge is 0.387 e. The summed E-state index contributed by atoms with van der Waals surface area (Å²) >= 11 is 0. The molecular formula is C18H18F3NO4. The molecule has 0 radical (unpaired) electrons. The number of hydrogen-bond acceptors (Lipinski definition) is 4. The van der Waals surface area contributed by atoms with Crippen molar-refractivity contribution in [1.29, 1.82) is 0 Å². The number of amides is 1. The Morgan fingerprint density at radius 3 is 2.50 bits per heavy atom. The van der Waals surface area contributed by atoms with Gasteiger partial charge in [-0.05, 0) is 48.4 Å². The first-order valence-electron chi connectivity index (χ1n) is 7.74. The molecule has 140 valence electrons. The fourth-order valence-corrected chi connectivity index (χ4v) is 2.14. The first kappa shape index (κ1) is 19.4. The molecule has 0 bridgehead atoms. The zero-order chi connectivity index (χ0) is 18.9. The normalized spacial score (nSPS) is 10.5. The highest BCUT2D eigenvalue weighted by atomic mass is 19.3. The quantitative estimate of drug-likeness (QED) is 0.738. The molecule has 0 unspecified atom stereocenters. The molecule has 0 atom stereocenters. The third kappa shape index (κ3) is 6.19. The summed E-state index contributed by atoms with van der Waals surface area (Å²) in [5.41, 5.74) is 0.781. The first-order valence-corrected chi connectivity index (χ1v) is 7.74. The van der Waals surface area contributed by atoms with Crippen LogP contribution in [-0.2, 0) is 11.2 Å². The second-order valence-electron chi connectivity index (χ2n) is 5.21. The van der Waals surface area contributed by atoms with Crippen LogP contribution < -0.4 is 19.5 Å². The molecule has 0 aliphatic heterocycles. The lowest BCUT2D eigenvalue weighted by Gasteiger charge is -2.12. The van der Waals surface area contributed by atoms with Gasteiger partial charge in [0.25, 0.3) is 5.91 Å². The summed E-state index contributed by atoms with van der Waals surface area (Å²) in [6.45, 7) is -2.81. The van der Waals surface area contributed by atoms with Crippen molar-refractivity contribution in [2.45, 2.75) is 13.0 Å². The van der Waals surface area contributed by atoms with Crippen molar-refractivity contribution in [2.75, 3.05) is 20.3 Å². The molecule has 1 amide bonds. The van der Waals surface area contributed by atoms with E-state index in [0.29, 0.717) is 18.7 Å². The molecular weight excluding hydrogens is 351 g/mol. The summed E-state index contributed by atoms with van der Waals surface area (Å²) in [5, 5.41) is 2.67. The average Bonchev–Trinajstić information content (AvgIpc) is 2.62. The van der Waals surface area contributed by atoms with Crippen LogP contribution in [0.2, 0.25) is 0 Å². The minimum absolute atomic E-state index is 0.0528. The highest BCUT2D eigenvalue weighted by Gasteiger charge is 2.11. The number of halogens is 3. The largest absolute Gasteiger partial charge is 0.493 e. The number of hydrogen-bond donors (Lipinski definition) is 1. The molecule has 0 aromatic heterocycles. The van der Waals surface area contributed by atoms with Crippen LogP contribution in [0, 0.1) is 5.82 Å². The van der Waals surface area contributed by atoms with E-state index in [0.717, 1.165) is 5.56 Å². The third-order valence-corrected chi connectivity index (χ3v) is 3.36. The van der Waals surface area contributed by atoms with E-state index in [1.807, 2.05) is 0 Å². The van der Waals surface area contributed by atoms with Crippen LogP contribution >= 0.6 is 0 Å². The number of carbonyl (C=O) groups excluding carboxylic acids is 1. The van der Waals surface area contributed by atoms with Crippen LogP contribution in [-0.4, -0.2) is 32.8 Å². The Morgan fingerprint density at radius 1 is 1.12 bits per heavy atom. The molecule has 1 N–H and O–H groups in total. The lowest BCUT2D eigenvalue weighted by Crippen LogP contribution is -2.30. The van der Waals surface area contributed by atoms with Crippen LogP contribution in [0.25, 0.3) is 0 Å². The maximum Gasteiger partial charge on any atom is 0.387 e. The Hall–Kier alpha value is -2.90. The summed E-state index contributed by atoms with van der Waals surface area (Å²) in [4.78, 5) is 11.7. The number of alkyl halides is 2. The number of benzene rings is 2. The third-order valence-electron chi connectivity index (χ3n) is 3.36. The Bertz CT molecular complexity index is 723. The predicted octanol–water partition coefficient (Wildman–Crippen LogP) is 3.17. The number of rotatable bonds is 9. The number of ether oxygens (including phenoxy) is 3. The van der Waals surface area contributed by atoms with E-state index < -0.39 is 6.61 Å². The second-order valence-corrected chi connectivity index (χ2v) is 5.21. The molecule has 0 aliphatic carbocycles. The van der Waals surface area contributed by atoms with E-state index in [-0.39, 0.29) is 29.8 Å². The van der Waals surface area contributed by atoms with Crippen LogP contribution in [0.3, 0.4) is 0 Å². The van der Waals surface area contributed by atoms with Gasteiger partial charge in [0.2, 0.25) is 0 Å². The van der Waals surface area contributed by atoms with E-state index in [2.05, 4.69) is 10.1 Å². The number of carbonyl (C=O) groups is 1. The zero-order valence-electron chi connectivity index (χ0n) is 14.0. The predicted molar refractivity (Wildman–Crippen MR) is 88.2 cm³/mol. The SMILES string of the molecule is COc1cc(CCNC(=O)COc2ccc(F)cc2)ccc1OC(F)F. The Labute approximate surface area is 148 Å². The molecule has 0 aliphatic rings. The van der Waals surface area contributed by atoms with Crippen molar-refractivity contribution in [1.82, 2.24) is 5.32 Å². The summed E-state index contributed by atoms with van der Waals surface area (Å²) in [7, 11) is 1.35. The average molecular weight is 369 g/mol. The minimum atomic E-state index is -2.94. The molecule has 5 nitrogen and oxygen atoms in total. The van der Waals surface area contributed by atoms with Gasteiger partial charge in [-0.3, -0.25) is 4.79 Å². The van der Waals surface area contributed by atoms with Crippen molar-refractivity contribution in [3.8, 4) is 17.2 Å². The van der Waals surface area contributed by atoms with Gasteiger partial charge in [0.1, 0.15) is 11.6 Å². The van der Waals surface area contributed by atoms with Gasteiger partial charge in [-0.25, -0.2) is 4.39 Å². The molecule has 0 spiro atoms. The second kappa shape index (κ2) is 9.55. The molecule has 2 rings (SSSR count). The fourth-order valence-electron chi connectivity index (χ4n) is 2.14. The zero-order valence-corrected chi connectivity index (χ0v) is 14.0. The van der Waals surface area contributed by atoms with Gasteiger partial charge in [0.15, 0.2) is 18.1 Å². The highest BCUT2D eigenvalue weighted by Crippen LogP contribution is 2.29. The molecule has 2 aromatic rings. The van der Waals surface area contributed by atoms with Gasteiger partial charge >= 0.3 is 6.61 Å². The van der Waals surface area contributed by atoms with Gasteiger partial charge in [-0.2, -0.15) is 8.78 Å². The first-order chi connectivity index (χ1) is 12.5. The van der Waals surface area contributed by atoms with Gasteiger partial charge in [0, 0.05) is 6.54 Å². The van der Waals surface area contributed by atoms with E-state index >= 15 is 0 Å². The molecule has 0 heterocycles. The lowest BCUT2D eigenvalue weighted by atomic mass is 10.1. The van der Waals surface area contributed by atoms with Gasteiger partial charge < -0.3 is 19.5 Å². The van der Waals surface area contributed by atoms with E-state index in [9.17, 15) is 18.0 Å². The van der Waals surface area contributed by atoms with Crippen LogP contribution in [0.4, 0.5) is 13.2 Å². The lowest BCUT2D eigenvalue weighted by molar-refractivity contribution is -0.123. The van der Waals surface area contributed by atoms with E-state index in [1.54, 1.807) is 12.1 Å². The minimum Gasteiger partial charge on any atom is -0.493 e. The Kier molecular flexibility index (Phi) is 7.13. The molecule has 26 heavy (non-hydrogen) atoms. The summed E-state index contributed by atoms with van der Waals surface area (Å²) in [5.74, 6) is -0.196. The monoisotopic (exact) mass is 369 g/mol. The summed E-state index contributed by atoms with van der Waals surface area (Å²) in [6.07, 6.45) is 0.466. The van der Waals surface area contributed by atoms with Crippen molar-refractivity contribution in [3.63, 3.8) is 0 Å². The number of methoxy groups -OCH3 is 1. The molecule has 0 saturated carbocycles. The highest BCUT2D eigenvalue weighted by molar-refractivity contribution is 5.77. The topological polar surface area (TPSA) is 56.8 Å². The van der Waals surface area contributed by atoms with Crippen molar-refractivity contribution in [3.05, 3.63) is 53.8 Å². The molecule has 8 heteroatoms. The summed E-state index contributed by atoms with van der Waals surface area (Å²) < 4.78 is 51.9.